The van der Waals surface area contributed by atoms with Crippen molar-refractivity contribution < 1.29 is 13.2 Å². The van der Waals surface area contributed by atoms with E-state index in [1.807, 2.05) is 0 Å². The second-order valence-electron chi connectivity index (χ2n) is 5.99. The number of hydrogen-bond donors (Lipinski definition) is 2. The minimum atomic E-state index is -3.83. The van der Waals surface area contributed by atoms with Crippen LogP contribution in [0.15, 0.2) is 17.0 Å². The van der Waals surface area contributed by atoms with Crippen molar-refractivity contribution in [3.05, 3.63) is 27.2 Å². The molecule has 1 aliphatic rings. The second-order valence-corrected chi connectivity index (χ2v) is 8.95. The first-order valence-electron chi connectivity index (χ1n) is 7.86. The van der Waals surface area contributed by atoms with E-state index in [-0.39, 0.29) is 38.3 Å². The van der Waals surface area contributed by atoms with Gasteiger partial charge in [0.05, 0.1) is 16.0 Å². The monoisotopic (exact) mass is 427 g/mol. The normalized spacial score (nSPS) is 19.1. The molecule has 140 valence electrons. The number of benzene rings is 1. The van der Waals surface area contributed by atoms with Crippen LogP contribution in [0, 0.1) is 5.92 Å². The summed E-state index contributed by atoms with van der Waals surface area (Å²) in [4.78, 5) is 13.2. The Hall–Kier alpha value is -0.570. The predicted octanol–water partition coefficient (Wildman–Crippen LogP) is 2.51. The average Bonchev–Trinajstić information content (AvgIpc) is 2.50. The summed E-state index contributed by atoms with van der Waals surface area (Å²) < 4.78 is 27.3. The van der Waals surface area contributed by atoms with Gasteiger partial charge in [0.15, 0.2) is 0 Å². The molecule has 1 unspecified atom stereocenters. The third kappa shape index (κ3) is 5.70. The van der Waals surface area contributed by atoms with Crippen molar-refractivity contribution >= 4 is 50.7 Å². The van der Waals surface area contributed by atoms with Gasteiger partial charge in [-0.2, -0.15) is 0 Å². The van der Waals surface area contributed by atoms with Crippen molar-refractivity contribution in [2.24, 2.45) is 11.7 Å². The zero-order valence-corrected chi connectivity index (χ0v) is 16.6. The number of carbonyl (C=O) groups excluding carboxylic acids is 1. The molecule has 0 radical (unpaired) electrons. The Morgan fingerprint density at radius 3 is 2.52 bits per heavy atom. The van der Waals surface area contributed by atoms with Gasteiger partial charge >= 0.3 is 0 Å². The number of primary amides is 1. The molecule has 1 heterocycles. The number of rotatable bonds is 7. The predicted molar refractivity (Wildman–Crippen MR) is 99.6 cm³/mol. The molecule has 1 aromatic rings. The van der Waals surface area contributed by atoms with Crippen molar-refractivity contribution in [1.29, 1.82) is 0 Å². The lowest BCUT2D eigenvalue weighted by atomic mass is 9.97. The molecule has 3 N–H and O–H groups in total. The van der Waals surface area contributed by atoms with E-state index in [9.17, 15) is 13.2 Å². The first-order chi connectivity index (χ1) is 11.7. The fourth-order valence-corrected chi connectivity index (χ4v) is 5.47. The lowest BCUT2D eigenvalue weighted by Crippen LogP contribution is -2.42. The molecule has 0 saturated carbocycles. The molecule has 1 atom stereocenters. The van der Waals surface area contributed by atoms with Crippen LogP contribution < -0.4 is 10.5 Å². The molecule has 0 aliphatic carbocycles. The molecule has 1 aliphatic heterocycles. The van der Waals surface area contributed by atoms with Gasteiger partial charge in [-0.05, 0) is 44.5 Å². The quantitative estimate of drug-likeness (QED) is 0.653. The van der Waals surface area contributed by atoms with Crippen LogP contribution in [-0.4, -0.2) is 45.4 Å². The summed E-state index contributed by atoms with van der Waals surface area (Å²) in [7, 11) is -3.83. The van der Waals surface area contributed by atoms with Crippen LogP contribution in [0.25, 0.3) is 0 Å². The van der Waals surface area contributed by atoms with E-state index < -0.39 is 10.0 Å². The molecule has 0 aromatic heterocycles. The fourth-order valence-electron chi connectivity index (χ4n) is 2.86. The molecule has 0 spiro atoms. The lowest BCUT2D eigenvalue weighted by Gasteiger charge is -2.31. The largest absolute Gasteiger partial charge is 0.369 e. The second kappa shape index (κ2) is 8.88. The zero-order chi connectivity index (χ0) is 18.6. The van der Waals surface area contributed by atoms with Crippen molar-refractivity contribution in [1.82, 2.24) is 9.62 Å². The molecule has 10 heteroatoms. The Balaban J connectivity index is 1.88. The van der Waals surface area contributed by atoms with Crippen molar-refractivity contribution in [3.63, 3.8) is 0 Å². The molecular formula is C15H20Cl3N3O3S. The van der Waals surface area contributed by atoms with Crippen molar-refractivity contribution in [3.8, 4) is 0 Å². The number of sulfonamides is 1. The fraction of sp³-hybridized carbons (Fsp3) is 0.533. The summed E-state index contributed by atoms with van der Waals surface area (Å²) >= 11 is 17.7. The van der Waals surface area contributed by atoms with E-state index in [0.29, 0.717) is 19.5 Å². The Kier molecular flexibility index (Phi) is 7.37. The summed E-state index contributed by atoms with van der Waals surface area (Å²) in [6, 6.07) is 2.67. The highest BCUT2D eigenvalue weighted by Gasteiger charge is 2.24. The van der Waals surface area contributed by atoms with Gasteiger partial charge in [0, 0.05) is 18.1 Å². The van der Waals surface area contributed by atoms with Gasteiger partial charge in [-0.25, -0.2) is 13.1 Å². The number of halogens is 3. The molecule has 1 saturated heterocycles. The SMILES string of the molecule is NC(=O)C1CCCN(CCCNS(=O)(=O)c2c(Cl)cc(Cl)cc2Cl)C1. The van der Waals surface area contributed by atoms with E-state index in [4.69, 9.17) is 40.5 Å². The first-order valence-corrected chi connectivity index (χ1v) is 10.5. The number of nitrogens with one attached hydrogen (secondary N) is 1. The Morgan fingerprint density at radius 2 is 1.92 bits per heavy atom. The highest BCUT2D eigenvalue weighted by atomic mass is 35.5. The number of amides is 1. The lowest BCUT2D eigenvalue weighted by molar-refractivity contribution is -0.123. The molecular weight excluding hydrogens is 409 g/mol. The minimum absolute atomic E-state index is 0.0228. The van der Waals surface area contributed by atoms with E-state index in [2.05, 4.69) is 9.62 Å². The van der Waals surface area contributed by atoms with Crippen LogP contribution >= 0.6 is 34.8 Å². The van der Waals surface area contributed by atoms with Gasteiger partial charge in [0.1, 0.15) is 4.90 Å². The Labute approximate surface area is 162 Å². The van der Waals surface area contributed by atoms with Crippen LogP contribution in [0.2, 0.25) is 15.1 Å². The first kappa shape index (κ1) is 20.7. The van der Waals surface area contributed by atoms with Gasteiger partial charge < -0.3 is 10.6 Å². The van der Waals surface area contributed by atoms with Crippen LogP contribution in [-0.2, 0) is 14.8 Å². The van der Waals surface area contributed by atoms with Crippen molar-refractivity contribution in [2.45, 2.75) is 24.2 Å². The Bertz CT molecular complexity index is 720. The molecule has 1 fully saturated rings. The molecule has 1 amide bonds. The summed E-state index contributed by atoms with van der Waals surface area (Å²) in [5.74, 6) is -0.408. The van der Waals surface area contributed by atoms with Gasteiger partial charge in [-0.3, -0.25) is 4.79 Å². The average molecular weight is 429 g/mol. The summed E-state index contributed by atoms with van der Waals surface area (Å²) in [6.07, 6.45) is 2.31. The molecule has 6 nitrogen and oxygen atoms in total. The van der Waals surface area contributed by atoms with Crippen LogP contribution in [0.5, 0.6) is 0 Å². The third-order valence-electron chi connectivity index (χ3n) is 4.08. The summed E-state index contributed by atoms with van der Waals surface area (Å²) in [6.45, 7) is 2.41. The smallest absolute Gasteiger partial charge is 0.243 e. The highest BCUT2D eigenvalue weighted by Crippen LogP contribution is 2.32. The van der Waals surface area contributed by atoms with E-state index in [1.165, 1.54) is 12.1 Å². The number of piperidine rings is 1. The highest BCUT2D eigenvalue weighted by molar-refractivity contribution is 7.89. The topological polar surface area (TPSA) is 92.5 Å². The van der Waals surface area contributed by atoms with Crippen molar-refractivity contribution in [2.75, 3.05) is 26.2 Å². The number of nitrogens with zero attached hydrogens (tertiary/aromatic N) is 1. The van der Waals surface area contributed by atoms with Crippen LogP contribution in [0.1, 0.15) is 19.3 Å². The van der Waals surface area contributed by atoms with Crippen LogP contribution in [0.3, 0.4) is 0 Å². The number of carbonyl (C=O) groups is 1. The van der Waals surface area contributed by atoms with Gasteiger partial charge in [-0.15, -0.1) is 0 Å². The molecule has 2 rings (SSSR count). The van der Waals surface area contributed by atoms with Crippen LogP contribution in [0.4, 0.5) is 0 Å². The standard InChI is InChI=1S/C15H20Cl3N3O3S/c16-11-7-12(17)14(13(18)8-11)25(23,24)20-4-2-6-21-5-1-3-10(9-21)15(19)22/h7-8,10,20H,1-6,9H2,(H2,19,22). The maximum Gasteiger partial charge on any atom is 0.243 e. The van der Waals surface area contributed by atoms with E-state index in [0.717, 1.165) is 19.4 Å². The summed E-state index contributed by atoms with van der Waals surface area (Å²) in [5, 5.41) is 0.221. The molecule has 25 heavy (non-hydrogen) atoms. The van der Waals surface area contributed by atoms with Gasteiger partial charge in [-0.1, -0.05) is 34.8 Å². The van der Waals surface area contributed by atoms with E-state index >= 15 is 0 Å². The Morgan fingerprint density at radius 1 is 1.28 bits per heavy atom. The number of nitrogens with two attached hydrogens (primary N) is 1. The maximum atomic E-state index is 12.4. The van der Waals surface area contributed by atoms with E-state index in [1.54, 1.807) is 0 Å². The number of hydrogen-bond acceptors (Lipinski definition) is 4. The number of likely N-dealkylation sites (tertiary alicyclic amines) is 1. The summed E-state index contributed by atoms with van der Waals surface area (Å²) in [5.41, 5.74) is 5.35. The zero-order valence-electron chi connectivity index (χ0n) is 13.5. The molecule has 0 bridgehead atoms. The molecule has 1 aromatic carbocycles. The third-order valence-corrected chi connectivity index (χ3v) is 6.68. The minimum Gasteiger partial charge on any atom is -0.369 e. The van der Waals surface area contributed by atoms with Gasteiger partial charge in [0.25, 0.3) is 0 Å². The van der Waals surface area contributed by atoms with Gasteiger partial charge in [0.2, 0.25) is 15.9 Å². The maximum absolute atomic E-state index is 12.4.